The summed E-state index contributed by atoms with van der Waals surface area (Å²) in [5, 5.41) is 15.1. The number of pyridine rings is 1. The molecule has 0 aliphatic carbocycles. The Balaban J connectivity index is 2.17. The number of nitrogens with zero attached hydrogens (tertiary/aromatic N) is 2. The van der Waals surface area contributed by atoms with E-state index in [1.807, 2.05) is 19.2 Å². The lowest BCUT2D eigenvalue weighted by Gasteiger charge is -2.17. The van der Waals surface area contributed by atoms with Gasteiger partial charge in [-0.1, -0.05) is 0 Å². The number of methoxy groups -OCH3 is 1. The molecule has 0 fully saturated rings. The highest BCUT2D eigenvalue weighted by atomic mass is 32.1. The molecule has 0 aromatic carbocycles. The molecule has 0 aliphatic rings. The van der Waals surface area contributed by atoms with Gasteiger partial charge in [0.2, 0.25) is 6.41 Å². The van der Waals surface area contributed by atoms with Crippen LogP contribution in [0.2, 0.25) is 0 Å². The number of rotatable bonds is 6. The Morgan fingerprint density at radius 1 is 1.35 bits per heavy atom. The fourth-order valence-electron chi connectivity index (χ4n) is 1.61. The van der Waals surface area contributed by atoms with Crippen molar-refractivity contribution in [2.45, 2.75) is 26.4 Å². The Morgan fingerprint density at radius 3 is 2.75 bits per heavy atom. The van der Waals surface area contributed by atoms with Crippen LogP contribution in [0.1, 0.15) is 13.8 Å². The third kappa shape index (κ3) is 3.66. The first kappa shape index (κ1) is 14.7. The minimum atomic E-state index is -1.09. The number of aliphatic hydroxyl groups excluding tert-OH is 1. The van der Waals surface area contributed by atoms with Crippen molar-refractivity contribution in [3.63, 3.8) is 0 Å². The van der Waals surface area contributed by atoms with E-state index in [0.29, 0.717) is 17.1 Å². The van der Waals surface area contributed by atoms with E-state index in [4.69, 9.17) is 9.47 Å². The molecule has 2 rings (SSSR count). The molecule has 0 bridgehead atoms. The van der Waals surface area contributed by atoms with Crippen molar-refractivity contribution in [1.29, 1.82) is 0 Å². The zero-order chi connectivity index (χ0) is 14.5. The molecule has 2 N–H and O–H groups in total. The quantitative estimate of drug-likeness (QED) is 0.797. The van der Waals surface area contributed by atoms with Gasteiger partial charge in [0.1, 0.15) is 16.5 Å². The minimum Gasteiger partial charge on any atom is -0.494 e. The first-order chi connectivity index (χ1) is 9.60. The van der Waals surface area contributed by atoms with Crippen molar-refractivity contribution in [2.75, 3.05) is 12.4 Å². The molecule has 0 spiro atoms. The fraction of sp³-hybridized carbons (Fsp3) is 0.385. The maximum Gasteiger partial charge on any atom is 0.235 e. The molecule has 0 saturated heterocycles. The van der Waals surface area contributed by atoms with Crippen LogP contribution in [0.5, 0.6) is 5.75 Å². The average Bonchev–Trinajstić information content (AvgIpc) is 2.91. The van der Waals surface area contributed by atoms with Gasteiger partial charge in [-0.05, 0) is 13.8 Å². The SMILES string of the molecule is COc1cc(NC(O)OC(C)C)cnc1-c1nccs1. The monoisotopic (exact) mass is 295 g/mol. The van der Waals surface area contributed by atoms with Crippen LogP contribution in [0.4, 0.5) is 5.69 Å². The molecule has 2 aromatic heterocycles. The highest BCUT2D eigenvalue weighted by molar-refractivity contribution is 7.13. The number of aliphatic hydroxyl groups is 1. The normalized spacial score (nSPS) is 12.4. The van der Waals surface area contributed by atoms with Crippen LogP contribution in [0.25, 0.3) is 10.7 Å². The molecule has 6 nitrogen and oxygen atoms in total. The van der Waals surface area contributed by atoms with Crippen LogP contribution in [0.15, 0.2) is 23.8 Å². The molecule has 0 radical (unpaired) electrons. The van der Waals surface area contributed by atoms with E-state index in [2.05, 4.69) is 15.3 Å². The zero-order valence-corrected chi connectivity index (χ0v) is 12.3. The summed E-state index contributed by atoms with van der Waals surface area (Å²) in [6.45, 7) is 3.69. The van der Waals surface area contributed by atoms with E-state index in [1.54, 1.807) is 25.6 Å². The minimum absolute atomic E-state index is 0.0815. The zero-order valence-electron chi connectivity index (χ0n) is 11.5. The number of aromatic nitrogens is 2. The summed E-state index contributed by atoms with van der Waals surface area (Å²) in [6.07, 6.45) is 2.15. The topological polar surface area (TPSA) is 76.5 Å². The van der Waals surface area contributed by atoms with Crippen molar-refractivity contribution < 1.29 is 14.6 Å². The van der Waals surface area contributed by atoms with Crippen molar-refractivity contribution in [2.24, 2.45) is 0 Å². The summed E-state index contributed by atoms with van der Waals surface area (Å²) >= 11 is 1.49. The highest BCUT2D eigenvalue weighted by Crippen LogP contribution is 2.31. The molecular formula is C13H17N3O3S. The molecule has 108 valence electrons. The second kappa shape index (κ2) is 6.65. The van der Waals surface area contributed by atoms with Crippen molar-refractivity contribution in [3.05, 3.63) is 23.8 Å². The summed E-state index contributed by atoms with van der Waals surface area (Å²) in [5.41, 5.74) is 1.28. The van der Waals surface area contributed by atoms with Crippen molar-refractivity contribution >= 4 is 17.0 Å². The van der Waals surface area contributed by atoms with Gasteiger partial charge < -0.3 is 19.9 Å². The maximum absolute atomic E-state index is 9.68. The van der Waals surface area contributed by atoms with Crippen molar-refractivity contribution in [3.8, 4) is 16.5 Å². The molecule has 0 saturated carbocycles. The second-order valence-corrected chi connectivity index (χ2v) is 5.19. The first-order valence-electron chi connectivity index (χ1n) is 6.14. The number of thiazole rings is 1. The molecule has 0 amide bonds. The standard InChI is InChI=1S/C13H17N3O3S/c1-8(2)19-13(17)16-9-6-10(18-3)11(15-7-9)12-14-4-5-20-12/h4-8,13,16-17H,1-3H3. The average molecular weight is 295 g/mol. The predicted octanol–water partition coefficient (Wildman–Crippen LogP) is 2.33. The summed E-state index contributed by atoms with van der Waals surface area (Å²) in [6, 6.07) is 1.75. The van der Waals surface area contributed by atoms with Gasteiger partial charge in [-0.25, -0.2) is 9.97 Å². The lowest BCUT2D eigenvalue weighted by molar-refractivity contribution is -0.105. The molecule has 0 aliphatic heterocycles. The van der Waals surface area contributed by atoms with Crippen LogP contribution < -0.4 is 10.1 Å². The van der Waals surface area contributed by atoms with E-state index in [9.17, 15) is 5.11 Å². The first-order valence-corrected chi connectivity index (χ1v) is 7.02. The molecule has 1 atom stereocenters. The predicted molar refractivity (Wildman–Crippen MR) is 77.7 cm³/mol. The highest BCUT2D eigenvalue weighted by Gasteiger charge is 2.13. The van der Waals surface area contributed by atoms with E-state index in [1.165, 1.54) is 11.3 Å². The molecule has 2 aromatic rings. The number of ether oxygens (including phenoxy) is 2. The molecular weight excluding hydrogens is 278 g/mol. The van der Waals surface area contributed by atoms with Gasteiger partial charge in [0, 0.05) is 17.6 Å². The van der Waals surface area contributed by atoms with E-state index >= 15 is 0 Å². The van der Waals surface area contributed by atoms with Gasteiger partial charge in [0.25, 0.3) is 0 Å². The Labute approximate surface area is 121 Å². The maximum atomic E-state index is 9.68. The van der Waals surface area contributed by atoms with Crippen LogP contribution in [-0.2, 0) is 4.74 Å². The van der Waals surface area contributed by atoms with E-state index < -0.39 is 6.41 Å². The van der Waals surface area contributed by atoms with Gasteiger partial charge in [0.05, 0.1) is 25.1 Å². The number of hydrogen-bond acceptors (Lipinski definition) is 7. The summed E-state index contributed by atoms with van der Waals surface area (Å²) in [7, 11) is 1.57. The molecule has 1 unspecified atom stereocenters. The molecule has 2 heterocycles. The Hall–Kier alpha value is -1.70. The van der Waals surface area contributed by atoms with Crippen molar-refractivity contribution in [1.82, 2.24) is 9.97 Å². The summed E-state index contributed by atoms with van der Waals surface area (Å²) in [4.78, 5) is 8.52. The number of anilines is 1. The Bertz CT molecular complexity index is 546. The summed E-state index contributed by atoms with van der Waals surface area (Å²) < 4.78 is 10.5. The molecule has 20 heavy (non-hydrogen) atoms. The molecule has 7 heteroatoms. The largest absolute Gasteiger partial charge is 0.494 e. The van der Waals surface area contributed by atoms with Crippen LogP contribution in [0.3, 0.4) is 0 Å². The number of hydrogen-bond donors (Lipinski definition) is 2. The van der Waals surface area contributed by atoms with Gasteiger partial charge >= 0.3 is 0 Å². The summed E-state index contributed by atoms with van der Waals surface area (Å²) in [5.74, 6) is 0.585. The lowest BCUT2D eigenvalue weighted by atomic mass is 10.3. The second-order valence-electron chi connectivity index (χ2n) is 4.29. The van der Waals surface area contributed by atoms with Gasteiger partial charge in [0.15, 0.2) is 0 Å². The smallest absolute Gasteiger partial charge is 0.235 e. The van der Waals surface area contributed by atoms with Gasteiger partial charge in [-0.3, -0.25) is 0 Å². The Kier molecular flexibility index (Phi) is 4.89. The van der Waals surface area contributed by atoms with Crippen LogP contribution in [0, 0.1) is 0 Å². The van der Waals surface area contributed by atoms with Gasteiger partial charge in [-0.2, -0.15) is 0 Å². The van der Waals surface area contributed by atoms with E-state index in [-0.39, 0.29) is 6.10 Å². The lowest BCUT2D eigenvalue weighted by Crippen LogP contribution is -2.25. The number of nitrogens with one attached hydrogen (secondary N) is 1. The van der Waals surface area contributed by atoms with Gasteiger partial charge in [-0.15, -0.1) is 11.3 Å². The van der Waals surface area contributed by atoms with Crippen LogP contribution in [-0.4, -0.2) is 34.7 Å². The Morgan fingerprint density at radius 2 is 2.15 bits per heavy atom. The third-order valence-corrected chi connectivity index (χ3v) is 3.18. The fourth-order valence-corrected chi connectivity index (χ4v) is 2.25. The van der Waals surface area contributed by atoms with Crippen LogP contribution >= 0.6 is 11.3 Å². The van der Waals surface area contributed by atoms with E-state index in [0.717, 1.165) is 5.01 Å². The third-order valence-electron chi connectivity index (χ3n) is 2.40.